The van der Waals surface area contributed by atoms with Crippen molar-refractivity contribution in [2.75, 3.05) is 31.5 Å². The molecule has 1 heterocycles. The van der Waals surface area contributed by atoms with E-state index in [0.29, 0.717) is 38.3 Å². The largest absolute Gasteiger partial charge is 0.326 e. The first-order valence-corrected chi connectivity index (χ1v) is 14.7. The van der Waals surface area contributed by atoms with E-state index in [1.165, 1.54) is 11.1 Å². The average Bonchev–Trinajstić information content (AvgIpc) is 2.93. The van der Waals surface area contributed by atoms with Crippen molar-refractivity contribution in [2.45, 2.75) is 50.0 Å². The van der Waals surface area contributed by atoms with E-state index < -0.39 is 10.0 Å². The van der Waals surface area contributed by atoms with Crippen LogP contribution in [0, 0.1) is 0 Å². The minimum Gasteiger partial charge on any atom is -0.326 e. The van der Waals surface area contributed by atoms with Crippen LogP contribution in [-0.2, 0) is 14.8 Å². The first kappa shape index (κ1) is 27.0. The molecule has 1 aliphatic heterocycles. The van der Waals surface area contributed by atoms with Gasteiger partial charge in [0.05, 0.1) is 10.9 Å². The van der Waals surface area contributed by atoms with Gasteiger partial charge in [-0.15, -0.1) is 0 Å². The molecular formula is C30H37N3O3S. The number of carbonyl (C=O) groups excluding carboxylic acids is 1. The zero-order valence-corrected chi connectivity index (χ0v) is 22.4. The highest BCUT2D eigenvalue weighted by atomic mass is 32.2. The maximum absolute atomic E-state index is 13.4. The number of carbonyl (C=O) groups is 1. The molecule has 1 fully saturated rings. The first-order chi connectivity index (χ1) is 18.0. The molecular weight excluding hydrogens is 482 g/mol. The van der Waals surface area contributed by atoms with Gasteiger partial charge in [0.15, 0.2) is 0 Å². The number of piperazine rings is 1. The number of benzene rings is 3. The van der Waals surface area contributed by atoms with E-state index in [9.17, 15) is 13.2 Å². The Morgan fingerprint density at radius 2 is 1.35 bits per heavy atom. The van der Waals surface area contributed by atoms with Gasteiger partial charge in [-0.1, -0.05) is 86.8 Å². The Hall–Kier alpha value is -3.00. The van der Waals surface area contributed by atoms with Gasteiger partial charge in [-0.3, -0.25) is 9.69 Å². The lowest BCUT2D eigenvalue weighted by atomic mass is 9.96. The molecule has 0 unspecified atom stereocenters. The highest BCUT2D eigenvalue weighted by Gasteiger charge is 2.32. The Balaban J connectivity index is 1.38. The molecule has 4 rings (SSSR count). The number of unbranched alkanes of at least 4 members (excludes halogenated alkanes) is 3. The Morgan fingerprint density at radius 1 is 0.784 bits per heavy atom. The number of nitrogens with one attached hydrogen (secondary N) is 1. The summed E-state index contributed by atoms with van der Waals surface area (Å²) < 4.78 is 28.3. The van der Waals surface area contributed by atoms with Crippen LogP contribution in [0.2, 0.25) is 0 Å². The third-order valence-corrected chi connectivity index (χ3v) is 8.82. The van der Waals surface area contributed by atoms with Gasteiger partial charge in [0.1, 0.15) is 0 Å². The highest BCUT2D eigenvalue weighted by Crippen LogP contribution is 2.30. The van der Waals surface area contributed by atoms with Gasteiger partial charge in [0, 0.05) is 38.3 Å². The van der Waals surface area contributed by atoms with E-state index in [-0.39, 0.29) is 16.8 Å². The molecule has 196 valence electrons. The van der Waals surface area contributed by atoms with E-state index in [0.717, 1.165) is 25.7 Å². The minimum atomic E-state index is -3.61. The maximum Gasteiger partial charge on any atom is 0.243 e. The molecule has 0 atom stereocenters. The number of amides is 1. The van der Waals surface area contributed by atoms with Gasteiger partial charge < -0.3 is 5.32 Å². The summed E-state index contributed by atoms with van der Waals surface area (Å²) in [5.74, 6) is -0.0331. The fraction of sp³-hybridized carbons (Fsp3) is 0.367. The summed E-state index contributed by atoms with van der Waals surface area (Å²) in [6.45, 7) is 4.27. The van der Waals surface area contributed by atoms with Crippen LogP contribution in [0.3, 0.4) is 0 Å². The molecule has 1 N–H and O–H groups in total. The lowest BCUT2D eigenvalue weighted by molar-refractivity contribution is -0.116. The van der Waals surface area contributed by atoms with Crippen LogP contribution in [0.25, 0.3) is 0 Å². The Morgan fingerprint density at radius 3 is 1.89 bits per heavy atom. The van der Waals surface area contributed by atoms with Crippen molar-refractivity contribution in [1.29, 1.82) is 0 Å². The molecule has 0 aliphatic carbocycles. The molecule has 0 spiro atoms. The quantitative estimate of drug-likeness (QED) is 0.330. The van der Waals surface area contributed by atoms with E-state index in [4.69, 9.17) is 0 Å². The van der Waals surface area contributed by atoms with E-state index in [1.54, 1.807) is 28.6 Å². The lowest BCUT2D eigenvalue weighted by Gasteiger charge is -2.39. The van der Waals surface area contributed by atoms with Crippen LogP contribution in [0.15, 0.2) is 89.8 Å². The van der Waals surface area contributed by atoms with Crippen molar-refractivity contribution < 1.29 is 13.2 Å². The van der Waals surface area contributed by atoms with E-state index in [2.05, 4.69) is 41.4 Å². The fourth-order valence-corrected chi connectivity index (χ4v) is 6.30. The van der Waals surface area contributed by atoms with Crippen molar-refractivity contribution in [3.8, 4) is 0 Å². The average molecular weight is 520 g/mol. The fourth-order valence-electron chi connectivity index (χ4n) is 4.88. The summed E-state index contributed by atoms with van der Waals surface area (Å²) in [7, 11) is -3.61. The normalized spacial score (nSPS) is 15.1. The zero-order chi connectivity index (χ0) is 26.1. The van der Waals surface area contributed by atoms with Crippen molar-refractivity contribution in [1.82, 2.24) is 9.21 Å². The second-order valence-electron chi connectivity index (χ2n) is 9.55. The zero-order valence-electron chi connectivity index (χ0n) is 21.6. The molecule has 1 amide bonds. The number of nitrogens with zero attached hydrogens (tertiary/aromatic N) is 2. The number of anilines is 1. The highest BCUT2D eigenvalue weighted by molar-refractivity contribution is 7.89. The molecule has 0 bridgehead atoms. The summed E-state index contributed by atoms with van der Waals surface area (Å²) in [5.41, 5.74) is 3.03. The molecule has 7 heteroatoms. The molecule has 3 aromatic rings. The summed E-state index contributed by atoms with van der Waals surface area (Å²) in [6, 6.07) is 27.3. The molecule has 0 radical (unpaired) electrons. The number of hydrogen-bond acceptors (Lipinski definition) is 4. The van der Waals surface area contributed by atoms with Crippen molar-refractivity contribution in [2.24, 2.45) is 0 Å². The van der Waals surface area contributed by atoms with Crippen molar-refractivity contribution >= 4 is 21.6 Å². The van der Waals surface area contributed by atoms with Gasteiger partial charge >= 0.3 is 0 Å². The molecule has 0 saturated carbocycles. The predicted molar refractivity (Wildman–Crippen MR) is 149 cm³/mol. The molecule has 3 aromatic carbocycles. The summed E-state index contributed by atoms with van der Waals surface area (Å²) >= 11 is 0. The minimum absolute atomic E-state index is 0.0331. The van der Waals surface area contributed by atoms with Crippen molar-refractivity contribution in [3.05, 3.63) is 96.1 Å². The first-order valence-electron chi connectivity index (χ1n) is 13.2. The molecule has 1 aliphatic rings. The van der Waals surface area contributed by atoms with E-state index >= 15 is 0 Å². The van der Waals surface area contributed by atoms with Crippen LogP contribution in [0.5, 0.6) is 0 Å². The van der Waals surface area contributed by atoms with Crippen LogP contribution in [0.4, 0.5) is 5.69 Å². The second kappa shape index (κ2) is 13.0. The monoisotopic (exact) mass is 519 g/mol. The standard InChI is InChI=1S/C30H37N3O3S/c1-2-3-4-11-16-29(34)31-27-17-19-28(20-18-27)37(35,36)33-23-21-32(22-24-33)30(25-12-7-5-8-13-25)26-14-9-6-10-15-26/h5-10,12-15,17-20,30H,2-4,11,16,21-24H2,1H3,(H,31,34). The Labute approximate surface area is 221 Å². The van der Waals surface area contributed by atoms with Crippen LogP contribution in [-0.4, -0.2) is 49.7 Å². The Bertz CT molecular complexity index is 1180. The SMILES string of the molecule is CCCCCCC(=O)Nc1ccc(S(=O)(=O)N2CCN(C(c3ccccc3)c3ccccc3)CC2)cc1. The Kier molecular flexibility index (Phi) is 9.50. The van der Waals surface area contributed by atoms with E-state index in [1.807, 2.05) is 36.4 Å². The summed E-state index contributed by atoms with van der Waals surface area (Å²) in [6.07, 6.45) is 4.66. The molecule has 37 heavy (non-hydrogen) atoms. The third kappa shape index (κ3) is 7.06. The number of rotatable bonds is 11. The van der Waals surface area contributed by atoms with Crippen LogP contribution in [0.1, 0.15) is 56.2 Å². The smallest absolute Gasteiger partial charge is 0.243 e. The van der Waals surface area contributed by atoms with Gasteiger partial charge in [-0.05, 0) is 41.8 Å². The van der Waals surface area contributed by atoms with Gasteiger partial charge in [0.25, 0.3) is 0 Å². The van der Waals surface area contributed by atoms with Gasteiger partial charge in [-0.25, -0.2) is 8.42 Å². The second-order valence-corrected chi connectivity index (χ2v) is 11.5. The summed E-state index contributed by atoms with van der Waals surface area (Å²) in [5, 5.41) is 2.87. The summed E-state index contributed by atoms with van der Waals surface area (Å²) in [4.78, 5) is 14.8. The maximum atomic E-state index is 13.4. The predicted octanol–water partition coefficient (Wildman–Crippen LogP) is 5.69. The topological polar surface area (TPSA) is 69.7 Å². The molecule has 0 aromatic heterocycles. The number of hydrogen-bond donors (Lipinski definition) is 1. The van der Waals surface area contributed by atoms with Gasteiger partial charge in [-0.2, -0.15) is 4.31 Å². The number of sulfonamides is 1. The van der Waals surface area contributed by atoms with Crippen LogP contribution < -0.4 is 5.32 Å². The lowest BCUT2D eigenvalue weighted by Crippen LogP contribution is -2.49. The molecule has 6 nitrogen and oxygen atoms in total. The molecule has 1 saturated heterocycles. The van der Waals surface area contributed by atoms with Crippen LogP contribution >= 0.6 is 0 Å². The third-order valence-electron chi connectivity index (χ3n) is 6.90. The van der Waals surface area contributed by atoms with Gasteiger partial charge in [0.2, 0.25) is 15.9 Å². The van der Waals surface area contributed by atoms with Crippen molar-refractivity contribution in [3.63, 3.8) is 0 Å².